The predicted octanol–water partition coefficient (Wildman–Crippen LogP) is 5.29. The van der Waals surface area contributed by atoms with E-state index in [4.69, 9.17) is 4.74 Å². The first-order valence-corrected chi connectivity index (χ1v) is 11.9. The minimum Gasteiger partial charge on any atom is -0.444 e. The standard InChI is InChI=1S/C23H33NO4S/c1-6-7-15-24(22(25)28-23(3,4)5)16-18(2)17-29(26,27)21-14-10-12-19-11-8-9-13-20(19)21/h8-14,18H,6-7,15-17H2,1-5H3. The van der Waals surface area contributed by atoms with Crippen LogP contribution in [0.4, 0.5) is 4.79 Å². The molecule has 0 N–H and O–H groups in total. The predicted molar refractivity (Wildman–Crippen MR) is 118 cm³/mol. The number of rotatable bonds is 8. The van der Waals surface area contributed by atoms with Gasteiger partial charge >= 0.3 is 6.09 Å². The minimum atomic E-state index is -3.49. The Hall–Kier alpha value is -2.08. The first-order valence-electron chi connectivity index (χ1n) is 10.2. The SMILES string of the molecule is CCCCN(CC(C)CS(=O)(=O)c1cccc2ccccc12)C(=O)OC(C)(C)C. The lowest BCUT2D eigenvalue weighted by atomic mass is 10.1. The zero-order valence-electron chi connectivity index (χ0n) is 18.1. The Morgan fingerprint density at radius 3 is 2.41 bits per heavy atom. The molecule has 0 spiro atoms. The summed E-state index contributed by atoms with van der Waals surface area (Å²) < 4.78 is 31.7. The van der Waals surface area contributed by atoms with Gasteiger partial charge in [0.15, 0.2) is 9.84 Å². The van der Waals surface area contributed by atoms with Gasteiger partial charge in [-0.25, -0.2) is 13.2 Å². The van der Waals surface area contributed by atoms with E-state index in [1.54, 1.807) is 17.0 Å². The third-order valence-electron chi connectivity index (χ3n) is 4.55. The molecule has 0 aromatic heterocycles. The first kappa shape index (κ1) is 23.2. The zero-order chi connectivity index (χ0) is 21.7. The van der Waals surface area contributed by atoms with Crippen LogP contribution in [0.25, 0.3) is 10.8 Å². The number of unbranched alkanes of at least 4 members (excludes halogenated alkanes) is 1. The normalized spacial score (nSPS) is 13.3. The second kappa shape index (κ2) is 9.61. The number of hydrogen-bond acceptors (Lipinski definition) is 4. The molecule has 0 heterocycles. The van der Waals surface area contributed by atoms with Gasteiger partial charge in [-0.2, -0.15) is 0 Å². The molecule has 1 amide bonds. The van der Waals surface area contributed by atoms with Crippen molar-refractivity contribution in [1.82, 2.24) is 4.90 Å². The molecule has 0 aliphatic carbocycles. The van der Waals surface area contributed by atoms with Gasteiger partial charge in [0.1, 0.15) is 5.60 Å². The summed E-state index contributed by atoms with van der Waals surface area (Å²) in [4.78, 5) is 14.5. The van der Waals surface area contributed by atoms with Crippen molar-refractivity contribution in [2.45, 2.75) is 58.0 Å². The van der Waals surface area contributed by atoms with Crippen LogP contribution < -0.4 is 0 Å². The summed E-state index contributed by atoms with van der Waals surface area (Å²) >= 11 is 0. The Labute approximate surface area is 175 Å². The van der Waals surface area contributed by atoms with Gasteiger partial charge in [0.05, 0.1) is 10.6 Å². The topological polar surface area (TPSA) is 63.7 Å². The molecule has 2 aromatic carbocycles. The number of sulfone groups is 1. The van der Waals surface area contributed by atoms with E-state index < -0.39 is 15.4 Å². The van der Waals surface area contributed by atoms with E-state index in [9.17, 15) is 13.2 Å². The summed E-state index contributed by atoms with van der Waals surface area (Å²) in [7, 11) is -3.49. The summed E-state index contributed by atoms with van der Waals surface area (Å²) in [6.45, 7) is 10.3. The van der Waals surface area contributed by atoms with Gasteiger partial charge in [0.25, 0.3) is 0 Å². The molecule has 6 heteroatoms. The lowest BCUT2D eigenvalue weighted by Crippen LogP contribution is -2.40. The molecule has 0 saturated heterocycles. The van der Waals surface area contributed by atoms with E-state index in [2.05, 4.69) is 6.92 Å². The number of benzene rings is 2. The number of carbonyl (C=O) groups excluding carboxylic acids is 1. The highest BCUT2D eigenvalue weighted by Gasteiger charge is 2.26. The highest BCUT2D eigenvalue weighted by atomic mass is 32.2. The highest BCUT2D eigenvalue weighted by molar-refractivity contribution is 7.91. The van der Waals surface area contributed by atoms with Crippen LogP contribution >= 0.6 is 0 Å². The van der Waals surface area contributed by atoms with Crippen LogP contribution in [0.3, 0.4) is 0 Å². The van der Waals surface area contributed by atoms with E-state index in [0.717, 1.165) is 23.6 Å². The molecule has 1 unspecified atom stereocenters. The second-order valence-electron chi connectivity index (χ2n) is 8.64. The maximum absolute atomic E-state index is 13.1. The Morgan fingerprint density at radius 2 is 1.76 bits per heavy atom. The minimum absolute atomic E-state index is 0.0214. The third kappa shape index (κ3) is 6.74. The van der Waals surface area contributed by atoms with Crippen molar-refractivity contribution in [3.63, 3.8) is 0 Å². The molecule has 0 saturated carbocycles. The van der Waals surface area contributed by atoms with Gasteiger partial charge in [-0.05, 0) is 44.6 Å². The molecular weight excluding hydrogens is 386 g/mol. The quantitative estimate of drug-likeness (QED) is 0.583. The number of fused-ring (bicyclic) bond motifs is 1. The molecule has 0 fully saturated rings. The number of nitrogens with zero attached hydrogens (tertiary/aromatic N) is 1. The fraction of sp³-hybridized carbons (Fsp3) is 0.522. The van der Waals surface area contributed by atoms with Crippen LogP contribution in [0.5, 0.6) is 0 Å². The van der Waals surface area contributed by atoms with Gasteiger partial charge in [0, 0.05) is 18.5 Å². The van der Waals surface area contributed by atoms with Crippen LogP contribution in [0.1, 0.15) is 47.5 Å². The van der Waals surface area contributed by atoms with Crippen molar-refractivity contribution in [3.8, 4) is 0 Å². The number of ether oxygens (including phenoxy) is 1. The van der Waals surface area contributed by atoms with Crippen LogP contribution in [0.15, 0.2) is 47.4 Å². The van der Waals surface area contributed by atoms with Crippen molar-refractivity contribution in [3.05, 3.63) is 42.5 Å². The van der Waals surface area contributed by atoms with Crippen LogP contribution in [0.2, 0.25) is 0 Å². The van der Waals surface area contributed by atoms with Gasteiger partial charge < -0.3 is 9.64 Å². The average Bonchev–Trinajstić information content (AvgIpc) is 2.62. The molecule has 0 bridgehead atoms. The van der Waals surface area contributed by atoms with Crippen molar-refractivity contribution in [2.24, 2.45) is 5.92 Å². The molecule has 1 atom stereocenters. The Kier molecular flexibility index (Phi) is 7.69. The van der Waals surface area contributed by atoms with Gasteiger partial charge in [-0.1, -0.05) is 56.7 Å². The third-order valence-corrected chi connectivity index (χ3v) is 6.59. The summed E-state index contributed by atoms with van der Waals surface area (Å²) in [5.74, 6) is -0.241. The van der Waals surface area contributed by atoms with Crippen molar-refractivity contribution in [1.29, 1.82) is 0 Å². The number of carbonyl (C=O) groups is 1. The molecule has 0 aliphatic heterocycles. The zero-order valence-corrected chi connectivity index (χ0v) is 19.0. The smallest absolute Gasteiger partial charge is 0.410 e. The van der Waals surface area contributed by atoms with Gasteiger partial charge in [-0.3, -0.25) is 0 Å². The molecule has 0 radical (unpaired) electrons. The summed E-state index contributed by atoms with van der Waals surface area (Å²) in [5, 5.41) is 1.64. The van der Waals surface area contributed by atoms with E-state index >= 15 is 0 Å². The van der Waals surface area contributed by atoms with E-state index in [1.165, 1.54) is 0 Å². The van der Waals surface area contributed by atoms with Crippen molar-refractivity contribution < 1.29 is 17.9 Å². The lowest BCUT2D eigenvalue weighted by molar-refractivity contribution is 0.0226. The second-order valence-corrected chi connectivity index (χ2v) is 10.6. The summed E-state index contributed by atoms with van der Waals surface area (Å²) in [5.41, 5.74) is -0.584. The average molecular weight is 420 g/mol. The maximum atomic E-state index is 13.1. The van der Waals surface area contributed by atoms with E-state index in [-0.39, 0.29) is 17.8 Å². The Balaban J connectivity index is 2.17. The maximum Gasteiger partial charge on any atom is 0.410 e. The molecular formula is C23H33NO4S. The van der Waals surface area contributed by atoms with Gasteiger partial charge in [-0.15, -0.1) is 0 Å². The molecule has 0 aliphatic rings. The van der Waals surface area contributed by atoms with Crippen LogP contribution in [-0.4, -0.2) is 43.9 Å². The van der Waals surface area contributed by atoms with Crippen molar-refractivity contribution >= 4 is 26.7 Å². The number of hydrogen-bond donors (Lipinski definition) is 0. The van der Waals surface area contributed by atoms with Gasteiger partial charge in [0.2, 0.25) is 0 Å². The van der Waals surface area contributed by atoms with Crippen LogP contribution in [-0.2, 0) is 14.6 Å². The Morgan fingerprint density at radius 1 is 1.10 bits per heavy atom. The fourth-order valence-corrected chi connectivity index (χ4v) is 5.13. The van der Waals surface area contributed by atoms with Crippen molar-refractivity contribution in [2.75, 3.05) is 18.8 Å². The molecule has 160 valence electrons. The summed E-state index contributed by atoms with van der Waals surface area (Å²) in [6, 6.07) is 12.8. The first-order chi connectivity index (χ1) is 13.5. The largest absolute Gasteiger partial charge is 0.444 e. The molecule has 5 nitrogen and oxygen atoms in total. The molecule has 2 aromatic rings. The van der Waals surface area contributed by atoms with E-state index in [0.29, 0.717) is 18.0 Å². The lowest BCUT2D eigenvalue weighted by Gasteiger charge is -2.29. The number of amides is 1. The summed E-state index contributed by atoms with van der Waals surface area (Å²) in [6.07, 6.45) is 1.41. The molecule has 2 rings (SSSR count). The fourth-order valence-electron chi connectivity index (χ4n) is 3.29. The van der Waals surface area contributed by atoms with E-state index in [1.807, 2.05) is 58.0 Å². The molecule has 29 heavy (non-hydrogen) atoms. The Bertz CT molecular complexity index is 926. The van der Waals surface area contributed by atoms with Crippen LogP contribution in [0, 0.1) is 5.92 Å². The highest BCUT2D eigenvalue weighted by Crippen LogP contribution is 2.25. The monoisotopic (exact) mass is 419 g/mol.